The standard InChI is InChI=1S/C14H23FN2S/c1-11(16)14(17(2)8-5-9-18-3)12-6-4-7-13(15)10-12/h4,6-7,10-11,14H,5,8-9,16H2,1-3H3. The third-order valence-corrected chi connectivity index (χ3v) is 3.72. The molecule has 0 aromatic heterocycles. The van der Waals surface area contributed by atoms with Crippen molar-refractivity contribution in [3.8, 4) is 0 Å². The summed E-state index contributed by atoms with van der Waals surface area (Å²) >= 11 is 1.84. The minimum absolute atomic E-state index is 0.0221. The normalized spacial score (nSPS) is 14.8. The van der Waals surface area contributed by atoms with Crippen molar-refractivity contribution in [3.63, 3.8) is 0 Å². The van der Waals surface area contributed by atoms with E-state index in [0.717, 1.165) is 24.3 Å². The zero-order valence-electron chi connectivity index (χ0n) is 11.4. The molecule has 2 nitrogen and oxygen atoms in total. The minimum atomic E-state index is -0.198. The van der Waals surface area contributed by atoms with E-state index in [1.165, 1.54) is 6.07 Å². The molecule has 0 spiro atoms. The summed E-state index contributed by atoms with van der Waals surface area (Å²) in [4.78, 5) is 2.22. The molecule has 2 unspecified atom stereocenters. The fourth-order valence-electron chi connectivity index (χ4n) is 2.25. The topological polar surface area (TPSA) is 29.3 Å². The molecule has 0 amide bonds. The molecule has 0 fully saturated rings. The molecule has 0 radical (unpaired) electrons. The number of hydrogen-bond donors (Lipinski definition) is 1. The van der Waals surface area contributed by atoms with Gasteiger partial charge in [0.05, 0.1) is 0 Å². The predicted octanol–water partition coefficient (Wildman–Crippen LogP) is 2.90. The Kier molecular flexibility index (Phi) is 6.68. The molecule has 0 saturated heterocycles. The van der Waals surface area contributed by atoms with Crippen molar-refractivity contribution in [2.45, 2.75) is 25.4 Å². The lowest BCUT2D eigenvalue weighted by molar-refractivity contribution is 0.219. The summed E-state index contributed by atoms with van der Waals surface area (Å²) < 4.78 is 13.3. The van der Waals surface area contributed by atoms with E-state index < -0.39 is 0 Å². The molecule has 0 bridgehead atoms. The highest BCUT2D eigenvalue weighted by molar-refractivity contribution is 7.98. The Morgan fingerprint density at radius 2 is 2.17 bits per heavy atom. The van der Waals surface area contributed by atoms with Gasteiger partial charge in [-0.25, -0.2) is 4.39 Å². The summed E-state index contributed by atoms with van der Waals surface area (Å²) in [5, 5.41) is 0. The Hall–Kier alpha value is -0.580. The minimum Gasteiger partial charge on any atom is -0.326 e. The first-order valence-corrected chi connectivity index (χ1v) is 7.66. The van der Waals surface area contributed by atoms with Crippen LogP contribution in [0.5, 0.6) is 0 Å². The van der Waals surface area contributed by atoms with Gasteiger partial charge < -0.3 is 5.73 Å². The number of benzene rings is 1. The molecule has 2 N–H and O–H groups in total. The Morgan fingerprint density at radius 3 is 2.72 bits per heavy atom. The molecular weight excluding hydrogens is 247 g/mol. The summed E-state index contributed by atoms with van der Waals surface area (Å²) in [6.45, 7) is 2.95. The summed E-state index contributed by atoms with van der Waals surface area (Å²) in [6, 6.07) is 6.79. The van der Waals surface area contributed by atoms with E-state index in [9.17, 15) is 4.39 Å². The number of thioether (sulfide) groups is 1. The first-order valence-electron chi connectivity index (χ1n) is 6.26. The van der Waals surface area contributed by atoms with Crippen molar-refractivity contribution < 1.29 is 4.39 Å². The van der Waals surface area contributed by atoms with Gasteiger partial charge in [0.1, 0.15) is 5.82 Å². The first-order chi connectivity index (χ1) is 8.56. The van der Waals surface area contributed by atoms with Gasteiger partial charge in [0.25, 0.3) is 0 Å². The largest absolute Gasteiger partial charge is 0.326 e. The Balaban J connectivity index is 2.76. The molecule has 0 heterocycles. The fourth-order valence-corrected chi connectivity index (χ4v) is 2.67. The third kappa shape index (κ3) is 4.59. The molecule has 18 heavy (non-hydrogen) atoms. The smallest absolute Gasteiger partial charge is 0.123 e. The highest BCUT2D eigenvalue weighted by Gasteiger charge is 2.21. The second-order valence-corrected chi connectivity index (χ2v) is 5.67. The fraction of sp³-hybridized carbons (Fsp3) is 0.571. The molecule has 1 aromatic rings. The van der Waals surface area contributed by atoms with Crippen molar-refractivity contribution in [2.24, 2.45) is 5.73 Å². The summed E-state index contributed by atoms with van der Waals surface area (Å²) in [7, 11) is 2.05. The second kappa shape index (κ2) is 7.77. The molecule has 2 atom stereocenters. The second-order valence-electron chi connectivity index (χ2n) is 4.69. The van der Waals surface area contributed by atoms with Crippen LogP contribution in [-0.2, 0) is 0 Å². The molecule has 0 aliphatic rings. The van der Waals surface area contributed by atoms with Crippen LogP contribution < -0.4 is 5.73 Å². The maximum Gasteiger partial charge on any atom is 0.123 e. The first kappa shape index (κ1) is 15.5. The average molecular weight is 270 g/mol. The average Bonchev–Trinajstić information content (AvgIpc) is 2.29. The number of halogens is 1. The maximum absolute atomic E-state index is 13.3. The SMILES string of the molecule is CSCCCN(C)C(c1cccc(F)c1)C(C)N. The number of nitrogens with zero attached hydrogens (tertiary/aromatic N) is 1. The number of hydrogen-bond acceptors (Lipinski definition) is 3. The molecule has 1 rings (SSSR count). The Morgan fingerprint density at radius 1 is 1.44 bits per heavy atom. The maximum atomic E-state index is 13.3. The van der Waals surface area contributed by atoms with Crippen molar-refractivity contribution in [3.05, 3.63) is 35.6 Å². The molecule has 0 aliphatic heterocycles. The predicted molar refractivity (Wildman–Crippen MR) is 78.4 cm³/mol. The van der Waals surface area contributed by atoms with E-state index in [2.05, 4.69) is 18.2 Å². The van der Waals surface area contributed by atoms with E-state index in [-0.39, 0.29) is 17.9 Å². The molecule has 0 saturated carbocycles. The van der Waals surface area contributed by atoms with Crippen molar-refractivity contribution in [1.29, 1.82) is 0 Å². The van der Waals surface area contributed by atoms with E-state index in [0.29, 0.717) is 0 Å². The molecule has 0 aliphatic carbocycles. The van der Waals surface area contributed by atoms with Gasteiger partial charge >= 0.3 is 0 Å². The van der Waals surface area contributed by atoms with Gasteiger partial charge in [0.2, 0.25) is 0 Å². The van der Waals surface area contributed by atoms with Crippen LogP contribution in [0.1, 0.15) is 24.9 Å². The summed E-state index contributed by atoms with van der Waals surface area (Å²) in [6.07, 6.45) is 3.23. The quantitative estimate of drug-likeness (QED) is 0.773. The van der Waals surface area contributed by atoms with Crippen molar-refractivity contribution in [1.82, 2.24) is 4.90 Å². The Bertz CT molecular complexity index is 357. The summed E-state index contributed by atoms with van der Waals surface area (Å²) in [5.41, 5.74) is 7.01. The van der Waals surface area contributed by atoms with Gasteiger partial charge in [-0.05, 0) is 56.6 Å². The van der Waals surface area contributed by atoms with Crippen molar-refractivity contribution in [2.75, 3.05) is 25.6 Å². The summed E-state index contributed by atoms with van der Waals surface area (Å²) in [5.74, 6) is 0.940. The van der Waals surface area contributed by atoms with E-state index >= 15 is 0 Å². The van der Waals surface area contributed by atoms with E-state index in [4.69, 9.17) is 5.73 Å². The number of likely N-dealkylation sites (N-methyl/N-ethyl adjacent to an activating group) is 1. The van der Waals surface area contributed by atoms with E-state index in [1.54, 1.807) is 12.1 Å². The van der Waals surface area contributed by atoms with Crippen LogP contribution >= 0.6 is 11.8 Å². The van der Waals surface area contributed by atoms with Crippen LogP contribution in [0.4, 0.5) is 4.39 Å². The molecular formula is C14H23FN2S. The third-order valence-electron chi connectivity index (χ3n) is 3.02. The zero-order chi connectivity index (χ0) is 13.5. The van der Waals surface area contributed by atoms with Crippen LogP contribution in [0, 0.1) is 5.82 Å². The van der Waals surface area contributed by atoms with Gasteiger partial charge in [-0.3, -0.25) is 4.90 Å². The van der Waals surface area contributed by atoms with Crippen LogP contribution in [0.25, 0.3) is 0 Å². The van der Waals surface area contributed by atoms with Gasteiger partial charge in [0, 0.05) is 12.1 Å². The highest BCUT2D eigenvalue weighted by atomic mass is 32.2. The van der Waals surface area contributed by atoms with Crippen LogP contribution in [0.3, 0.4) is 0 Å². The van der Waals surface area contributed by atoms with Gasteiger partial charge in [-0.1, -0.05) is 12.1 Å². The van der Waals surface area contributed by atoms with Crippen LogP contribution in [-0.4, -0.2) is 36.5 Å². The van der Waals surface area contributed by atoms with E-state index in [1.807, 2.05) is 24.8 Å². The zero-order valence-corrected chi connectivity index (χ0v) is 12.2. The van der Waals surface area contributed by atoms with Gasteiger partial charge in [0.15, 0.2) is 0 Å². The molecule has 4 heteroatoms. The van der Waals surface area contributed by atoms with Gasteiger partial charge in [-0.15, -0.1) is 0 Å². The lowest BCUT2D eigenvalue weighted by Crippen LogP contribution is -2.38. The number of rotatable bonds is 7. The van der Waals surface area contributed by atoms with Gasteiger partial charge in [-0.2, -0.15) is 11.8 Å². The highest BCUT2D eigenvalue weighted by Crippen LogP contribution is 2.23. The molecule has 102 valence electrons. The van der Waals surface area contributed by atoms with Crippen molar-refractivity contribution >= 4 is 11.8 Å². The lowest BCUT2D eigenvalue weighted by Gasteiger charge is -2.31. The molecule has 1 aromatic carbocycles. The van der Waals surface area contributed by atoms with Crippen LogP contribution in [0.2, 0.25) is 0 Å². The van der Waals surface area contributed by atoms with Crippen LogP contribution in [0.15, 0.2) is 24.3 Å². The monoisotopic (exact) mass is 270 g/mol. The lowest BCUT2D eigenvalue weighted by atomic mass is 9.99. The number of nitrogens with two attached hydrogens (primary N) is 1. The Labute approximate surface area is 114 Å².